The minimum atomic E-state index is 0.144. The molecule has 2 aromatic carbocycles. The van der Waals surface area contributed by atoms with Gasteiger partial charge >= 0.3 is 0 Å². The Morgan fingerprint density at radius 3 is 2.71 bits per heavy atom. The maximum atomic E-state index is 6.09. The first-order valence-electron chi connectivity index (χ1n) is 9.84. The number of hydrogen-bond donors (Lipinski definition) is 1. The fourth-order valence-corrected chi connectivity index (χ4v) is 3.92. The summed E-state index contributed by atoms with van der Waals surface area (Å²) < 4.78 is 6.02. The van der Waals surface area contributed by atoms with Crippen LogP contribution in [0.2, 0.25) is 5.02 Å². The van der Waals surface area contributed by atoms with E-state index in [0.717, 1.165) is 48.8 Å². The van der Waals surface area contributed by atoms with Crippen molar-refractivity contribution < 1.29 is 4.74 Å². The van der Waals surface area contributed by atoms with E-state index in [2.05, 4.69) is 59.3 Å². The van der Waals surface area contributed by atoms with E-state index < -0.39 is 0 Å². The summed E-state index contributed by atoms with van der Waals surface area (Å²) in [5.74, 6) is 0.676. The van der Waals surface area contributed by atoms with E-state index in [-0.39, 0.29) is 6.10 Å². The second-order valence-electron chi connectivity index (χ2n) is 7.81. The minimum absolute atomic E-state index is 0.144. The fraction of sp³-hybridized carbons (Fsp3) is 0.348. The van der Waals surface area contributed by atoms with Crippen molar-refractivity contribution in [2.24, 2.45) is 5.92 Å². The lowest BCUT2D eigenvalue weighted by molar-refractivity contribution is -0.0332. The number of rotatable bonds is 5. The Morgan fingerprint density at radius 1 is 1.14 bits per heavy atom. The molecule has 0 amide bonds. The van der Waals surface area contributed by atoms with Crippen LogP contribution in [0.3, 0.4) is 0 Å². The number of hydrogen-bond acceptors (Lipinski definition) is 3. The molecule has 0 aliphatic carbocycles. The number of aromatic amines is 1. The molecule has 0 spiro atoms. The molecule has 146 valence electrons. The van der Waals surface area contributed by atoms with E-state index in [1.165, 1.54) is 5.56 Å². The van der Waals surface area contributed by atoms with Crippen LogP contribution >= 0.6 is 11.6 Å². The van der Waals surface area contributed by atoms with E-state index in [1.807, 2.05) is 24.3 Å². The van der Waals surface area contributed by atoms with Gasteiger partial charge in [-0.25, -0.2) is 0 Å². The second-order valence-corrected chi connectivity index (χ2v) is 8.25. The van der Waals surface area contributed by atoms with Crippen LogP contribution in [0.25, 0.3) is 22.5 Å². The van der Waals surface area contributed by atoms with Gasteiger partial charge in [0.2, 0.25) is 0 Å². The Kier molecular flexibility index (Phi) is 5.81. The van der Waals surface area contributed by atoms with Crippen molar-refractivity contribution >= 4 is 11.6 Å². The van der Waals surface area contributed by atoms with Gasteiger partial charge in [0, 0.05) is 30.2 Å². The number of nitrogens with one attached hydrogen (secondary N) is 1. The highest BCUT2D eigenvalue weighted by Crippen LogP contribution is 2.28. The number of morpholine rings is 1. The Bertz CT molecular complexity index is 920. The van der Waals surface area contributed by atoms with E-state index >= 15 is 0 Å². The molecule has 28 heavy (non-hydrogen) atoms. The number of benzene rings is 2. The first-order chi connectivity index (χ1) is 13.6. The van der Waals surface area contributed by atoms with Crippen LogP contribution in [-0.4, -0.2) is 41.3 Å². The van der Waals surface area contributed by atoms with Crippen molar-refractivity contribution in [3.63, 3.8) is 0 Å². The molecular weight excluding hydrogens is 370 g/mol. The summed E-state index contributed by atoms with van der Waals surface area (Å²) in [6.45, 7) is 8.43. The van der Waals surface area contributed by atoms with Crippen molar-refractivity contribution in [3.05, 3.63) is 65.2 Å². The first kappa shape index (κ1) is 19.2. The normalized spacial score (nSPS) is 17.9. The van der Waals surface area contributed by atoms with Crippen LogP contribution in [0.15, 0.2) is 54.6 Å². The third-order valence-electron chi connectivity index (χ3n) is 5.07. The third-order valence-corrected chi connectivity index (χ3v) is 5.30. The highest BCUT2D eigenvalue weighted by Gasteiger charge is 2.22. The Hall–Kier alpha value is -2.14. The van der Waals surface area contributed by atoms with Crippen molar-refractivity contribution in [1.29, 1.82) is 0 Å². The fourth-order valence-electron chi connectivity index (χ4n) is 3.73. The van der Waals surface area contributed by atoms with Crippen molar-refractivity contribution in [2.75, 3.05) is 26.2 Å². The topological polar surface area (TPSA) is 41.1 Å². The summed E-state index contributed by atoms with van der Waals surface area (Å²) in [4.78, 5) is 2.50. The van der Waals surface area contributed by atoms with E-state index in [9.17, 15) is 0 Å². The highest BCUT2D eigenvalue weighted by molar-refractivity contribution is 6.30. The monoisotopic (exact) mass is 395 g/mol. The van der Waals surface area contributed by atoms with Gasteiger partial charge in [0.1, 0.15) is 0 Å². The lowest BCUT2D eigenvalue weighted by Gasteiger charge is -2.34. The predicted octanol–water partition coefficient (Wildman–Crippen LogP) is 5.43. The molecule has 1 atom stereocenters. The van der Waals surface area contributed by atoms with Crippen LogP contribution in [-0.2, 0) is 4.74 Å². The van der Waals surface area contributed by atoms with E-state index in [4.69, 9.17) is 16.3 Å². The molecule has 1 N–H and O–H groups in total. The van der Waals surface area contributed by atoms with Crippen molar-refractivity contribution in [3.8, 4) is 22.5 Å². The third kappa shape index (κ3) is 4.46. The van der Waals surface area contributed by atoms with Crippen LogP contribution in [0.4, 0.5) is 0 Å². The molecule has 0 bridgehead atoms. The molecule has 3 aromatic rings. The van der Waals surface area contributed by atoms with E-state index in [1.54, 1.807) is 0 Å². The smallest absolute Gasteiger partial charge is 0.0952 e. The molecule has 0 unspecified atom stereocenters. The second kappa shape index (κ2) is 8.48. The van der Waals surface area contributed by atoms with E-state index in [0.29, 0.717) is 10.9 Å². The van der Waals surface area contributed by atoms with Gasteiger partial charge in [-0.3, -0.25) is 10.00 Å². The van der Waals surface area contributed by atoms with Gasteiger partial charge in [-0.15, -0.1) is 0 Å². The quantitative estimate of drug-likeness (QED) is 0.626. The zero-order chi connectivity index (χ0) is 19.5. The van der Waals surface area contributed by atoms with Crippen molar-refractivity contribution in [2.45, 2.75) is 20.0 Å². The average Bonchev–Trinajstić information content (AvgIpc) is 3.18. The average molecular weight is 396 g/mol. The van der Waals surface area contributed by atoms with Gasteiger partial charge in [0.05, 0.1) is 24.1 Å². The SMILES string of the molecule is CC(C)CN1CCO[C@@H](c2ccc(-c3cc(-c4cccc(Cl)c4)n[nH]3)cc2)C1. The number of nitrogens with zero attached hydrogens (tertiary/aromatic N) is 2. The van der Waals surface area contributed by atoms with Gasteiger partial charge in [-0.2, -0.15) is 5.10 Å². The summed E-state index contributed by atoms with van der Waals surface area (Å²) in [6.07, 6.45) is 0.144. The molecule has 1 aliphatic rings. The molecule has 1 saturated heterocycles. The lowest BCUT2D eigenvalue weighted by Crippen LogP contribution is -2.40. The lowest BCUT2D eigenvalue weighted by atomic mass is 10.0. The minimum Gasteiger partial charge on any atom is -0.371 e. The maximum Gasteiger partial charge on any atom is 0.0952 e. The summed E-state index contributed by atoms with van der Waals surface area (Å²) in [7, 11) is 0. The Labute approximate surface area is 171 Å². The van der Waals surface area contributed by atoms with Crippen molar-refractivity contribution in [1.82, 2.24) is 15.1 Å². The zero-order valence-corrected chi connectivity index (χ0v) is 17.1. The van der Waals surface area contributed by atoms with Crippen LogP contribution in [0, 0.1) is 5.92 Å². The molecule has 1 fully saturated rings. The zero-order valence-electron chi connectivity index (χ0n) is 16.4. The molecule has 1 aromatic heterocycles. The maximum absolute atomic E-state index is 6.09. The molecule has 2 heterocycles. The van der Waals surface area contributed by atoms with Gasteiger partial charge in [-0.05, 0) is 35.2 Å². The molecule has 5 heteroatoms. The van der Waals surface area contributed by atoms with Gasteiger partial charge in [0.25, 0.3) is 0 Å². The molecule has 1 aliphatic heterocycles. The largest absolute Gasteiger partial charge is 0.371 e. The van der Waals surface area contributed by atoms with Crippen LogP contribution in [0.5, 0.6) is 0 Å². The summed E-state index contributed by atoms with van der Waals surface area (Å²) in [5.41, 5.74) is 5.23. The highest BCUT2D eigenvalue weighted by atomic mass is 35.5. The summed E-state index contributed by atoms with van der Waals surface area (Å²) in [5, 5.41) is 8.29. The Balaban J connectivity index is 1.48. The number of halogens is 1. The van der Waals surface area contributed by atoms with Crippen LogP contribution in [0.1, 0.15) is 25.5 Å². The number of ether oxygens (including phenoxy) is 1. The van der Waals surface area contributed by atoms with Crippen LogP contribution < -0.4 is 0 Å². The summed E-state index contributed by atoms with van der Waals surface area (Å²) >= 11 is 6.09. The Morgan fingerprint density at radius 2 is 1.96 bits per heavy atom. The molecular formula is C23H26ClN3O. The number of H-pyrrole nitrogens is 1. The molecule has 0 saturated carbocycles. The van der Waals surface area contributed by atoms with Gasteiger partial charge in [-0.1, -0.05) is 61.8 Å². The standard InChI is InChI=1S/C23H26ClN3O/c1-16(2)14-27-10-11-28-23(15-27)18-8-6-17(7-9-18)21-13-22(26-25-21)19-4-3-5-20(24)12-19/h3-9,12-13,16,23H,10-11,14-15H2,1-2H3,(H,25,26)/t23-/m1/s1. The first-order valence-corrected chi connectivity index (χ1v) is 10.2. The molecule has 4 nitrogen and oxygen atoms in total. The summed E-state index contributed by atoms with van der Waals surface area (Å²) in [6, 6.07) is 18.4. The van der Waals surface area contributed by atoms with Gasteiger partial charge < -0.3 is 4.74 Å². The van der Waals surface area contributed by atoms with Gasteiger partial charge in [0.15, 0.2) is 0 Å². The number of aromatic nitrogens is 2. The predicted molar refractivity (Wildman–Crippen MR) is 114 cm³/mol. The molecule has 4 rings (SSSR count). The molecule has 0 radical (unpaired) electrons.